The summed E-state index contributed by atoms with van der Waals surface area (Å²) in [6, 6.07) is 4.28. The Hall–Kier alpha value is -2.35. The number of hydrogen-bond donors (Lipinski definition) is 2. The number of hydrogen-bond acceptors (Lipinski definition) is 6. The predicted molar refractivity (Wildman–Crippen MR) is 73.0 cm³/mol. The van der Waals surface area contributed by atoms with Crippen LogP contribution in [0.25, 0.3) is 0 Å². The van der Waals surface area contributed by atoms with Gasteiger partial charge in [0, 0.05) is 25.8 Å². The van der Waals surface area contributed by atoms with E-state index in [1.807, 2.05) is 0 Å². The molecule has 0 fully saturated rings. The molecule has 0 aromatic heterocycles. The largest absolute Gasteiger partial charge is 0.497 e. The van der Waals surface area contributed by atoms with Gasteiger partial charge in [0.25, 0.3) is 5.69 Å². The van der Waals surface area contributed by atoms with Crippen molar-refractivity contribution < 1.29 is 19.2 Å². The van der Waals surface area contributed by atoms with E-state index in [1.165, 1.54) is 32.4 Å². The zero-order valence-corrected chi connectivity index (χ0v) is 11.3. The third-order valence-corrected chi connectivity index (χ3v) is 2.47. The molecule has 0 atom stereocenters. The van der Waals surface area contributed by atoms with Gasteiger partial charge < -0.3 is 20.1 Å². The van der Waals surface area contributed by atoms with E-state index in [0.717, 1.165) is 0 Å². The van der Waals surface area contributed by atoms with Crippen molar-refractivity contribution in [3.05, 3.63) is 28.3 Å². The second-order valence-corrected chi connectivity index (χ2v) is 3.84. The van der Waals surface area contributed by atoms with Crippen LogP contribution in [0.2, 0.25) is 0 Å². The van der Waals surface area contributed by atoms with Gasteiger partial charge in [0.1, 0.15) is 11.4 Å². The van der Waals surface area contributed by atoms with Crippen LogP contribution in [0, 0.1) is 10.1 Å². The maximum absolute atomic E-state index is 11.5. The van der Waals surface area contributed by atoms with E-state index < -0.39 is 4.92 Å². The van der Waals surface area contributed by atoms with E-state index in [-0.39, 0.29) is 23.8 Å². The fraction of sp³-hybridized carbons (Fsp3) is 0.417. The second-order valence-electron chi connectivity index (χ2n) is 3.84. The Bertz CT molecular complexity index is 478. The van der Waals surface area contributed by atoms with Crippen LogP contribution in [0.1, 0.15) is 0 Å². The number of ether oxygens (including phenoxy) is 2. The van der Waals surface area contributed by atoms with Crippen LogP contribution in [-0.2, 0) is 9.53 Å². The van der Waals surface area contributed by atoms with Crippen LogP contribution < -0.4 is 15.4 Å². The molecule has 8 heteroatoms. The second kappa shape index (κ2) is 7.95. The van der Waals surface area contributed by atoms with Crippen LogP contribution in [0.15, 0.2) is 18.2 Å². The number of benzene rings is 1. The molecule has 0 radical (unpaired) electrons. The molecule has 0 heterocycles. The molecule has 0 saturated carbocycles. The van der Waals surface area contributed by atoms with Crippen LogP contribution >= 0.6 is 0 Å². The minimum Gasteiger partial charge on any atom is -0.497 e. The summed E-state index contributed by atoms with van der Waals surface area (Å²) in [4.78, 5) is 21.9. The van der Waals surface area contributed by atoms with Crippen molar-refractivity contribution in [1.29, 1.82) is 0 Å². The van der Waals surface area contributed by atoms with Crippen LogP contribution in [-0.4, -0.2) is 44.7 Å². The molecule has 8 nitrogen and oxygen atoms in total. The van der Waals surface area contributed by atoms with E-state index in [0.29, 0.717) is 18.9 Å². The van der Waals surface area contributed by atoms with Crippen LogP contribution in [0.5, 0.6) is 5.75 Å². The minimum absolute atomic E-state index is 0.0717. The quantitative estimate of drug-likeness (QED) is 0.415. The summed E-state index contributed by atoms with van der Waals surface area (Å²) >= 11 is 0. The van der Waals surface area contributed by atoms with Crippen LogP contribution in [0.3, 0.4) is 0 Å². The molecule has 0 aliphatic heterocycles. The van der Waals surface area contributed by atoms with E-state index >= 15 is 0 Å². The summed E-state index contributed by atoms with van der Waals surface area (Å²) in [5.74, 6) is 0.192. The lowest BCUT2D eigenvalue weighted by Gasteiger charge is -2.09. The van der Waals surface area contributed by atoms with E-state index in [9.17, 15) is 14.9 Å². The summed E-state index contributed by atoms with van der Waals surface area (Å²) in [6.07, 6.45) is 0. The first-order valence-electron chi connectivity index (χ1n) is 5.90. The third kappa shape index (κ3) is 4.73. The Kier molecular flexibility index (Phi) is 6.24. The molecule has 1 rings (SSSR count). The first kappa shape index (κ1) is 15.7. The maximum atomic E-state index is 11.5. The molecular weight excluding hydrogens is 266 g/mol. The summed E-state index contributed by atoms with van der Waals surface area (Å²) in [5.41, 5.74) is 0.117. The Balaban J connectivity index is 2.65. The number of nitro groups is 1. The first-order chi connectivity index (χ1) is 9.58. The third-order valence-electron chi connectivity index (χ3n) is 2.47. The smallest absolute Gasteiger partial charge is 0.292 e. The van der Waals surface area contributed by atoms with Crippen molar-refractivity contribution in [2.24, 2.45) is 0 Å². The maximum Gasteiger partial charge on any atom is 0.292 e. The molecule has 0 unspecified atom stereocenters. The molecule has 0 aliphatic carbocycles. The van der Waals surface area contributed by atoms with Gasteiger partial charge in [-0.1, -0.05) is 0 Å². The lowest BCUT2D eigenvalue weighted by atomic mass is 10.2. The molecular formula is C12H17N3O5. The predicted octanol–water partition coefficient (Wildman–Crippen LogP) is 0.778. The van der Waals surface area contributed by atoms with Crippen molar-refractivity contribution in [2.45, 2.75) is 0 Å². The Morgan fingerprint density at radius 3 is 2.75 bits per heavy atom. The van der Waals surface area contributed by atoms with Gasteiger partial charge in [0.2, 0.25) is 5.91 Å². The molecule has 0 saturated heterocycles. The first-order valence-corrected chi connectivity index (χ1v) is 5.90. The SMILES string of the molecule is COCCNC(=O)CNc1cc(OC)ccc1[N+](=O)[O-]. The highest BCUT2D eigenvalue weighted by Gasteiger charge is 2.15. The summed E-state index contributed by atoms with van der Waals surface area (Å²) in [7, 11) is 2.99. The fourth-order valence-electron chi connectivity index (χ4n) is 1.47. The highest BCUT2D eigenvalue weighted by Crippen LogP contribution is 2.28. The summed E-state index contributed by atoms with van der Waals surface area (Å²) in [6.45, 7) is 0.722. The number of carbonyl (C=O) groups is 1. The zero-order chi connectivity index (χ0) is 15.0. The zero-order valence-electron chi connectivity index (χ0n) is 11.3. The molecule has 0 spiro atoms. The van der Waals surface area contributed by atoms with Gasteiger partial charge in [-0.25, -0.2) is 0 Å². The van der Waals surface area contributed by atoms with Gasteiger partial charge in [-0.2, -0.15) is 0 Å². The topological polar surface area (TPSA) is 103 Å². The lowest BCUT2D eigenvalue weighted by Crippen LogP contribution is -2.32. The van der Waals surface area contributed by atoms with Gasteiger partial charge in [0.05, 0.1) is 25.2 Å². The molecule has 1 amide bonds. The van der Waals surface area contributed by atoms with Gasteiger partial charge >= 0.3 is 0 Å². The van der Waals surface area contributed by atoms with Gasteiger partial charge in [-0.05, 0) is 6.07 Å². The van der Waals surface area contributed by atoms with Gasteiger partial charge in [0.15, 0.2) is 0 Å². The average Bonchev–Trinajstić information content (AvgIpc) is 2.44. The summed E-state index contributed by atoms with van der Waals surface area (Å²) in [5, 5.41) is 16.2. The Morgan fingerprint density at radius 1 is 1.40 bits per heavy atom. The number of amides is 1. The highest BCUT2D eigenvalue weighted by atomic mass is 16.6. The van der Waals surface area contributed by atoms with Crippen molar-refractivity contribution in [3.8, 4) is 5.75 Å². The number of methoxy groups -OCH3 is 2. The van der Waals surface area contributed by atoms with Crippen molar-refractivity contribution in [2.75, 3.05) is 39.2 Å². The van der Waals surface area contributed by atoms with Crippen molar-refractivity contribution in [3.63, 3.8) is 0 Å². The number of anilines is 1. The van der Waals surface area contributed by atoms with Crippen molar-refractivity contribution in [1.82, 2.24) is 5.32 Å². The normalized spacial score (nSPS) is 9.90. The monoisotopic (exact) mass is 283 g/mol. The van der Waals surface area contributed by atoms with Gasteiger partial charge in [-0.3, -0.25) is 14.9 Å². The number of nitrogens with zero attached hydrogens (tertiary/aromatic N) is 1. The molecule has 2 N–H and O–H groups in total. The van der Waals surface area contributed by atoms with E-state index in [2.05, 4.69) is 10.6 Å². The Labute approximate surface area is 116 Å². The molecule has 0 aliphatic rings. The van der Waals surface area contributed by atoms with E-state index in [4.69, 9.17) is 9.47 Å². The summed E-state index contributed by atoms with van der Waals surface area (Å²) < 4.78 is 9.79. The number of carbonyl (C=O) groups excluding carboxylic acids is 1. The Morgan fingerprint density at radius 2 is 2.15 bits per heavy atom. The minimum atomic E-state index is -0.523. The van der Waals surface area contributed by atoms with Gasteiger partial charge in [-0.15, -0.1) is 0 Å². The molecule has 110 valence electrons. The molecule has 20 heavy (non-hydrogen) atoms. The molecule has 1 aromatic carbocycles. The van der Waals surface area contributed by atoms with Crippen LogP contribution in [0.4, 0.5) is 11.4 Å². The van der Waals surface area contributed by atoms with E-state index in [1.54, 1.807) is 0 Å². The molecule has 1 aromatic rings. The average molecular weight is 283 g/mol. The highest BCUT2D eigenvalue weighted by molar-refractivity contribution is 5.81. The lowest BCUT2D eigenvalue weighted by molar-refractivity contribution is -0.384. The molecule has 0 bridgehead atoms. The number of rotatable bonds is 8. The number of nitro benzene ring substituents is 1. The standard InChI is InChI=1S/C12H17N3O5/c1-19-6-5-13-12(16)8-14-10-7-9(20-2)3-4-11(10)15(17)18/h3-4,7,14H,5-6,8H2,1-2H3,(H,13,16). The van der Waals surface area contributed by atoms with Crippen molar-refractivity contribution >= 4 is 17.3 Å². The number of nitrogens with one attached hydrogen (secondary N) is 2. The fourth-order valence-corrected chi connectivity index (χ4v) is 1.47.